The average molecular weight is 463 g/mol. The molecule has 0 radical (unpaired) electrons. The summed E-state index contributed by atoms with van der Waals surface area (Å²) in [5.74, 6) is 0.558. The number of amides is 2. The molecule has 0 aliphatic carbocycles. The Morgan fingerprint density at radius 3 is 2.68 bits per heavy atom. The summed E-state index contributed by atoms with van der Waals surface area (Å²) in [6, 6.07) is 8.88. The van der Waals surface area contributed by atoms with Crippen LogP contribution in [-0.2, 0) is 6.54 Å². The number of aliphatic hydroxyl groups is 1. The molecule has 3 aromatic heterocycles. The number of imidazole rings is 2. The number of pyridine rings is 1. The Labute approximate surface area is 197 Å². The zero-order valence-corrected chi connectivity index (χ0v) is 19.8. The van der Waals surface area contributed by atoms with Crippen LogP contribution in [0.4, 0.5) is 0 Å². The molecule has 0 bridgehead atoms. The van der Waals surface area contributed by atoms with Crippen molar-refractivity contribution in [2.75, 3.05) is 6.61 Å². The molecule has 2 amide bonds. The van der Waals surface area contributed by atoms with Gasteiger partial charge in [-0.05, 0) is 56.0 Å². The molecule has 178 valence electrons. The Balaban J connectivity index is 1.54. The fraction of sp³-hybridized carbons (Fsp3) is 0.360. The van der Waals surface area contributed by atoms with E-state index in [9.17, 15) is 14.7 Å². The van der Waals surface area contributed by atoms with Gasteiger partial charge in [-0.15, -0.1) is 0 Å². The topological polar surface area (TPSA) is 124 Å². The molecule has 0 saturated carbocycles. The number of nitrogens with zero attached hydrogens (tertiary/aromatic N) is 3. The Morgan fingerprint density at radius 2 is 1.94 bits per heavy atom. The van der Waals surface area contributed by atoms with Gasteiger partial charge in [-0.3, -0.25) is 14.0 Å². The highest BCUT2D eigenvalue weighted by Crippen LogP contribution is 2.18. The Morgan fingerprint density at radius 1 is 1.15 bits per heavy atom. The minimum absolute atomic E-state index is 0.142. The molecule has 1 atom stereocenters. The van der Waals surface area contributed by atoms with Gasteiger partial charge in [0.05, 0.1) is 34.9 Å². The van der Waals surface area contributed by atoms with Gasteiger partial charge < -0.3 is 20.7 Å². The molecule has 0 aliphatic heterocycles. The van der Waals surface area contributed by atoms with E-state index in [-0.39, 0.29) is 24.5 Å². The van der Waals surface area contributed by atoms with Crippen LogP contribution in [-0.4, -0.2) is 48.9 Å². The Bertz CT molecular complexity index is 1350. The van der Waals surface area contributed by atoms with Crippen LogP contribution in [0, 0.1) is 19.8 Å². The molecule has 0 fully saturated rings. The van der Waals surface area contributed by atoms with E-state index in [1.165, 1.54) is 0 Å². The van der Waals surface area contributed by atoms with Crippen molar-refractivity contribution in [3.8, 4) is 0 Å². The van der Waals surface area contributed by atoms with E-state index in [0.717, 1.165) is 22.4 Å². The van der Waals surface area contributed by atoms with Gasteiger partial charge in [0.2, 0.25) is 0 Å². The molecule has 4 N–H and O–H groups in total. The molecule has 0 aliphatic rings. The Hall–Kier alpha value is -3.72. The maximum Gasteiger partial charge on any atom is 0.270 e. The third-order valence-electron chi connectivity index (χ3n) is 5.71. The van der Waals surface area contributed by atoms with E-state index in [0.29, 0.717) is 41.5 Å². The number of benzene rings is 1. The quantitative estimate of drug-likeness (QED) is 0.321. The Kier molecular flexibility index (Phi) is 6.65. The lowest BCUT2D eigenvalue weighted by atomic mass is 10.0. The van der Waals surface area contributed by atoms with Crippen molar-refractivity contribution in [2.45, 2.75) is 46.7 Å². The van der Waals surface area contributed by atoms with Gasteiger partial charge in [-0.1, -0.05) is 19.9 Å². The van der Waals surface area contributed by atoms with Crippen LogP contribution in [0.25, 0.3) is 16.7 Å². The van der Waals surface area contributed by atoms with E-state index in [1.54, 1.807) is 29.7 Å². The van der Waals surface area contributed by atoms with Crippen molar-refractivity contribution < 1.29 is 14.7 Å². The van der Waals surface area contributed by atoms with Crippen molar-refractivity contribution >= 4 is 28.5 Å². The number of hydrogen-bond donors (Lipinski definition) is 4. The summed E-state index contributed by atoms with van der Waals surface area (Å²) >= 11 is 0. The minimum Gasteiger partial charge on any atom is -0.394 e. The van der Waals surface area contributed by atoms with E-state index >= 15 is 0 Å². The molecule has 3 heterocycles. The highest BCUT2D eigenvalue weighted by atomic mass is 16.3. The second-order valence-corrected chi connectivity index (χ2v) is 9.00. The number of H-pyrrole nitrogens is 1. The highest BCUT2D eigenvalue weighted by Gasteiger charge is 2.23. The number of hydrogen-bond acceptors (Lipinski definition) is 5. The molecule has 0 spiro atoms. The molecule has 4 rings (SSSR count). The van der Waals surface area contributed by atoms with Crippen LogP contribution < -0.4 is 10.6 Å². The number of carbonyl (C=O) groups is 2. The van der Waals surface area contributed by atoms with Gasteiger partial charge >= 0.3 is 0 Å². The number of rotatable bonds is 8. The van der Waals surface area contributed by atoms with Crippen LogP contribution in [0.2, 0.25) is 0 Å². The molecule has 34 heavy (non-hydrogen) atoms. The van der Waals surface area contributed by atoms with Crippen LogP contribution in [0.15, 0.2) is 36.5 Å². The van der Waals surface area contributed by atoms with Crippen molar-refractivity contribution in [3.63, 3.8) is 0 Å². The lowest BCUT2D eigenvalue weighted by molar-refractivity contribution is 0.0899. The first-order chi connectivity index (χ1) is 16.3. The summed E-state index contributed by atoms with van der Waals surface area (Å²) in [6.45, 7) is 7.91. The summed E-state index contributed by atoms with van der Waals surface area (Å²) in [7, 11) is 0. The van der Waals surface area contributed by atoms with Gasteiger partial charge in [0.1, 0.15) is 11.5 Å². The zero-order chi connectivity index (χ0) is 24.4. The van der Waals surface area contributed by atoms with Gasteiger partial charge in [0, 0.05) is 12.7 Å². The van der Waals surface area contributed by atoms with E-state index < -0.39 is 0 Å². The lowest BCUT2D eigenvalue weighted by Crippen LogP contribution is -2.39. The monoisotopic (exact) mass is 462 g/mol. The first-order valence-electron chi connectivity index (χ1n) is 11.4. The molecular formula is C25H30N6O3. The predicted octanol–water partition coefficient (Wildman–Crippen LogP) is 2.89. The van der Waals surface area contributed by atoms with Crippen molar-refractivity contribution in [1.29, 1.82) is 0 Å². The second kappa shape index (κ2) is 9.64. The second-order valence-electron chi connectivity index (χ2n) is 9.00. The number of fused-ring (bicyclic) bond motifs is 2. The fourth-order valence-electron chi connectivity index (χ4n) is 4.21. The van der Waals surface area contributed by atoms with Crippen LogP contribution in [0.1, 0.15) is 58.2 Å². The normalized spacial score (nSPS) is 12.4. The number of nitrogens with one attached hydrogen (secondary N) is 3. The zero-order valence-electron chi connectivity index (χ0n) is 19.8. The number of aliphatic hydroxyl groups excluding tert-OH is 1. The summed E-state index contributed by atoms with van der Waals surface area (Å²) in [5, 5.41) is 15.5. The average Bonchev–Trinajstić information content (AvgIpc) is 3.33. The van der Waals surface area contributed by atoms with Gasteiger partial charge in [0.25, 0.3) is 11.8 Å². The molecular weight excluding hydrogens is 432 g/mol. The number of carbonyl (C=O) groups excluding carboxylic acids is 2. The number of aromatic amines is 1. The van der Waals surface area contributed by atoms with Gasteiger partial charge in [-0.25, -0.2) is 9.97 Å². The highest BCUT2D eigenvalue weighted by molar-refractivity contribution is 6.01. The molecule has 0 unspecified atom stereocenters. The van der Waals surface area contributed by atoms with Crippen molar-refractivity contribution in [1.82, 2.24) is 30.0 Å². The SMILES string of the molecule is Cc1nc2ccc(CNC(=O)c3cccn4c(C(=O)N[C@H](CO)CC(C)C)c(C)nc34)cc2[nH]1. The van der Waals surface area contributed by atoms with Gasteiger partial charge in [-0.2, -0.15) is 0 Å². The molecule has 1 aromatic carbocycles. The molecule has 0 saturated heterocycles. The van der Waals surface area contributed by atoms with Gasteiger partial charge in [0.15, 0.2) is 5.65 Å². The number of aromatic nitrogens is 4. The van der Waals surface area contributed by atoms with E-state index in [4.69, 9.17) is 0 Å². The standard InChI is InChI=1S/C25H30N6O3/c1-14(2)10-18(13-32)30-25(34)22-15(3)27-23-19(6-5-9-31(22)23)24(33)26-12-17-7-8-20-21(11-17)29-16(4)28-20/h5-9,11,14,18,32H,10,12-13H2,1-4H3,(H,26,33)(H,28,29)(H,30,34)/t18-/m0/s1. The van der Waals surface area contributed by atoms with Crippen LogP contribution >= 0.6 is 0 Å². The lowest BCUT2D eigenvalue weighted by Gasteiger charge is -2.18. The van der Waals surface area contributed by atoms with E-state index in [1.807, 2.05) is 39.0 Å². The van der Waals surface area contributed by atoms with Crippen LogP contribution in [0.5, 0.6) is 0 Å². The molecule has 4 aromatic rings. The van der Waals surface area contributed by atoms with Crippen LogP contribution in [0.3, 0.4) is 0 Å². The van der Waals surface area contributed by atoms with Crippen molar-refractivity contribution in [3.05, 3.63) is 64.9 Å². The maximum atomic E-state index is 13.0. The molecule has 9 heteroatoms. The first-order valence-corrected chi connectivity index (χ1v) is 11.4. The first kappa shape index (κ1) is 23.4. The number of aryl methyl sites for hydroxylation is 2. The summed E-state index contributed by atoms with van der Waals surface area (Å²) < 4.78 is 1.63. The third kappa shape index (κ3) is 4.79. The predicted molar refractivity (Wildman–Crippen MR) is 130 cm³/mol. The van der Waals surface area contributed by atoms with Crippen molar-refractivity contribution in [2.24, 2.45) is 5.92 Å². The third-order valence-corrected chi connectivity index (χ3v) is 5.71. The largest absolute Gasteiger partial charge is 0.394 e. The smallest absolute Gasteiger partial charge is 0.270 e. The summed E-state index contributed by atoms with van der Waals surface area (Å²) in [6.07, 6.45) is 2.38. The van der Waals surface area contributed by atoms with E-state index in [2.05, 4.69) is 25.6 Å². The summed E-state index contributed by atoms with van der Waals surface area (Å²) in [5.41, 5.74) is 4.40. The fourth-order valence-corrected chi connectivity index (χ4v) is 4.21. The minimum atomic E-state index is -0.347. The molecule has 9 nitrogen and oxygen atoms in total. The maximum absolute atomic E-state index is 13.0. The summed E-state index contributed by atoms with van der Waals surface area (Å²) in [4.78, 5) is 38.1.